The molecule has 0 saturated heterocycles. The molecule has 3 aromatic rings. The fourth-order valence-electron chi connectivity index (χ4n) is 7.04. The Labute approximate surface area is 238 Å². The molecule has 3 aliphatic rings. The number of carbonyl (C=O) groups is 1. The Morgan fingerprint density at radius 1 is 0.900 bits per heavy atom. The van der Waals surface area contributed by atoms with Crippen molar-refractivity contribution in [2.45, 2.75) is 58.0 Å². The topological polar surface area (TPSA) is 23.6 Å². The predicted molar refractivity (Wildman–Crippen MR) is 160 cm³/mol. The fourth-order valence-corrected chi connectivity index (χ4v) is 7.04. The molecule has 3 nitrogen and oxygen atoms in total. The van der Waals surface area contributed by atoms with Crippen molar-refractivity contribution >= 4 is 5.91 Å². The number of benzene rings is 3. The zero-order chi connectivity index (χ0) is 27.8. The smallest absolute Gasteiger partial charge is 0.237 e. The monoisotopic (exact) mass is 534 g/mol. The van der Waals surface area contributed by atoms with Gasteiger partial charge in [0.25, 0.3) is 0 Å². The quantitative estimate of drug-likeness (QED) is 0.331. The van der Waals surface area contributed by atoms with Crippen LogP contribution >= 0.6 is 0 Å². The highest BCUT2D eigenvalue weighted by molar-refractivity contribution is 5.79. The van der Waals surface area contributed by atoms with Gasteiger partial charge in [-0.2, -0.15) is 0 Å². The number of fused-ring (bicyclic) bond motifs is 2. The second-order valence-electron chi connectivity index (χ2n) is 12.0. The summed E-state index contributed by atoms with van der Waals surface area (Å²) in [6.45, 7) is 7.94. The van der Waals surface area contributed by atoms with Crippen molar-refractivity contribution < 1.29 is 9.18 Å². The lowest BCUT2D eigenvalue weighted by Gasteiger charge is -2.42. The van der Waals surface area contributed by atoms with E-state index >= 15 is 4.39 Å². The number of amides is 1. The number of nitrogens with zero attached hydrogens (tertiary/aromatic N) is 2. The van der Waals surface area contributed by atoms with Crippen LogP contribution in [-0.4, -0.2) is 41.4 Å². The molecule has 0 saturated carbocycles. The van der Waals surface area contributed by atoms with Gasteiger partial charge in [-0.1, -0.05) is 92.7 Å². The molecule has 206 valence electrons. The first-order valence-corrected chi connectivity index (χ1v) is 14.7. The molecule has 4 heteroatoms. The van der Waals surface area contributed by atoms with Gasteiger partial charge in [0.05, 0.1) is 12.6 Å². The van der Waals surface area contributed by atoms with Gasteiger partial charge in [-0.05, 0) is 77.5 Å². The minimum absolute atomic E-state index is 0.00530. The van der Waals surface area contributed by atoms with E-state index in [4.69, 9.17) is 0 Å². The van der Waals surface area contributed by atoms with Crippen LogP contribution in [0.2, 0.25) is 0 Å². The second-order valence-corrected chi connectivity index (χ2v) is 12.0. The number of allylic oxidation sites excluding steroid dienone is 2. The van der Waals surface area contributed by atoms with Gasteiger partial charge in [0.15, 0.2) is 0 Å². The van der Waals surface area contributed by atoms with E-state index in [-0.39, 0.29) is 29.7 Å². The van der Waals surface area contributed by atoms with Gasteiger partial charge in [-0.15, -0.1) is 0 Å². The minimum Gasteiger partial charge on any atom is -0.334 e. The first-order chi connectivity index (χ1) is 19.4. The summed E-state index contributed by atoms with van der Waals surface area (Å²) in [4.78, 5) is 18.7. The Bertz CT molecular complexity index is 1450. The summed E-state index contributed by atoms with van der Waals surface area (Å²) in [5.74, 6) is 0.493. The van der Waals surface area contributed by atoms with Gasteiger partial charge in [-0.25, -0.2) is 4.39 Å². The Morgan fingerprint density at radius 2 is 1.52 bits per heavy atom. The number of hydrogen-bond donors (Lipinski definition) is 0. The van der Waals surface area contributed by atoms with E-state index in [1.165, 1.54) is 33.4 Å². The summed E-state index contributed by atoms with van der Waals surface area (Å²) in [7, 11) is 0. The normalized spacial score (nSPS) is 22.8. The first-order valence-electron chi connectivity index (χ1n) is 14.7. The molecule has 40 heavy (non-hydrogen) atoms. The van der Waals surface area contributed by atoms with Gasteiger partial charge in [0.1, 0.15) is 5.83 Å². The first kappa shape index (κ1) is 26.7. The molecular weight excluding hydrogens is 495 g/mol. The molecule has 0 radical (unpaired) electrons. The SMILES string of the molecule is Cc1ccccc1C1c2ccccc2[C@@H](C)CN1CC(=O)N(CC1=CC(C)CC=C1F)C1Cc2ccccc2C1. The molecule has 0 spiro atoms. The van der Waals surface area contributed by atoms with Crippen LogP contribution in [0.3, 0.4) is 0 Å². The number of aryl methyl sites for hydroxylation is 1. The van der Waals surface area contributed by atoms with Crippen LogP contribution < -0.4 is 0 Å². The molecule has 0 bridgehead atoms. The largest absolute Gasteiger partial charge is 0.334 e. The molecule has 1 amide bonds. The summed E-state index contributed by atoms with van der Waals surface area (Å²) < 4.78 is 15.0. The van der Waals surface area contributed by atoms with E-state index in [0.29, 0.717) is 31.0 Å². The summed E-state index contributed by atoms with van der Waals surface area (Å²) in [5, 5.41) is 0. The third kappa shape index (κ3) is 5.17. The summed E-state index contributed by atoms with van der Waals surface area (Å²) in [6, 6.07) is 25.7. The molecule has 6 rings (SSSR count). The van der Waals surface area contributed by atoms with E-state index in [1.807, 2.05) is 11.0 Å². The highest BCUT2D eigenvalue weighted by Gasteiger charge is 2.37. The van der Waals surface area contributed by atoms with Crippen molar-refractivity contribution in [1.82, 2.24) is 9.80 Å². The Hall–Kier alpha value is -3.50. The minimum atomic E-state index is -0.176. The van der Waals surface area contributed by atoms with Gasteiger partial charge in [0, 0.05) is 24.7 Å². The van der Waals surface area contributed by atoms with Crippen LogP contribution in [0.1, 0.15) is 65.6 Å². The van der Waals surface area contributed by atoms with Crippen LogP contribution in [0.5, 0.6) is 0 Å². The molecule has 0 fully saturated rings. The van der Waals surface area contributed by atoms with E-state index in [1.54, 1.807) is 6.08 Å². The average Bonchev–Trinajstić information content (AvgIpc) is 3.38. The molecule has 0 aromatic heterocycles. The van der Waals surface area contributed by atoms with Crippen molar-refractivity contribution in [3.8, 4) is 0 Å². The molecule has 0 N–H and O–H groups in total. The maximum atomic E-state index is 15.0. The Morgan fingerprint density at radius 3 is 2.23 bits per heavy atom. The number of hydrogen-bond acceptors (Lipinski definition) is 2. The van der Waals surface area contributed by atoms with E-state index in [2.05, 4.69) is 98.5 Å². The van der Waals surface area contributed by atoms with Crippen molar-refractivity contribution in [1.29, 1.82) is 0 Å². The van der Waals surface area contributed by atoms with Gasteiger partial charge < -0.3 is 4.90 Å². The standard InChI is InChI=1S/C36H39FN2O/c1-24-16-17-34(37)29(18-24)22-39(30-19-27-11-5-6-12-28(27)20-30)35(40)23-38-21-26(3)31-13-8-9-15-33(31)36(38)32-14-7-4-10-25(32)2/h4-15,17-18,24,26,30,36H,16,19-23H2,1-3H3/t24?,26-,36?/m0/s1. The average molecular weight is 535 g/mol. The van der Waals surface area contributed by atoms with Crippen LogP contribution in [-0.2, 0) is 17.6 Å². The van der Waals surface area contributed by atoms with E-state index < -0.39 is 0 Å². The number of rotatable bonds is 6. The molecule has 3 aromatic carbocycles. The number of carbonyl (C=O) groups excluding carboxylic acids is 1. The highest BCUT2D eigenvalue weighted by atomic mass is 19.1. The Kier molecular flexibility index (Phi) is 7.46. The predicted octanol–water partition coefficient (Wildman–Crippen LogP) is 7.32. The lowest BCUT2D eigenvalue weighted by molar-refractivity contribution is -0.134. The molecule has 1 heterocycles. The van der Waals surface area contributed by atoms with Crippen molar-refractivity contribution in [3.63, 3.8) is 0 Å². The van der Waals surface area contributed by atoms with Crippen molar-refractivity contribution in [3.05, 3.63) is 130 Å². The van der Waals surface area contributed by atoms with Crippen LogP contribution in [0.25, 0.3) is 0 Å². The third-order valence-electron chi connectivity index (χ3n) is 9.11. The maximum absolute atomic E-state index is 15.0. The van der Waals surface area contributed by atoms with E-state index in [9.17, 15) is 4.79 Å². The van der Waals surface area contributed by atoms with Gasteiger partial charge in [-0.3, -0.25) is 9.69 Å². The fraction of sp³-hybridized carbons (Fsp3) is 0.361. The summed E-state index contributed by atoms with van der Waals surface area (Å²) >= 11 is 0. The zero-order valence-electron chi connectivity index (χ0n) is 23.8. The van der Waals surface area contributed by atoms with Crippen molar-refractivity contribution in [2.75, 3.05) is 19.6 Å². The lowest BCUT2D eigenvalue weighted by atomic mass is 9.82. The molecule has 2 unspecified atom stereocenters. The van der Waals surface area contributed by atoms with Crippen LogP contribution in [0, 0.1) is 12.8 Å². The van der Waals surface area contributed by atoms with Gasteiger partial charge in [0.2, 0.25) is 5.91 Å². The van der Waals surface area contributed by atoms with Crippen LogP contribution in [0.15, 0.2) is 96.3 Å². The maximum Gasteiger partial charge on any atom is 0.237 e. The van der Waals surface area contributed by atoms with Crippen LogP contribution in [0.4, 0.5) is 4.39 Å². The van der Waals surface area contributed by atoms with E-state index in [0.717, 1.165) is 19.4 Å². The van der Waals surface area contributed by atoms with Gasteiger partial charge >= 0.3 is 0 Å². The highest BCUT2D eigenvalue weighted by Crippen LogP contribution is 2.41. The second kappa shape index (κ2) is 11.2. The molecule has 1 aliphatic heterocycles. The molecule has 3 atom stereocenters. The molecule has 2 aliphatic carbocycles. The zero-order valence-corrected chi connectivity index (χ0v) is 23.8. The molecular formula is C36H39FN2O. The van der Waals surface area contributed by atoms with Crippen molar-refractivity contribution in [2.24, 2.45) is 5.92 Å². The number of halogens is 1. The third-order valence-corrected chi connectivity index (χ3v) is 9.11. The summed E-state index contributed by atoms with van der Waals surface area (Å²) in [6.07, 6.45) is 6.05. The lowest BCUT2D eigenvalue weighted by Crippen LogP contribution is -2.49. The Balaban J connectivity index is 1.34. The summed E-state index contributed by atoms with van der Waals surface area (Å²) in [5.41, 5.74) is 8.35.